The summed E-state index contributed by atoms with van der Waals surface area (Å²) in [7, 11) is 0. The molecule has 1 heterocycles. The highest BCUT2D eigenvalue weighted by Gasteiger charge is 2.18. The van der Waals surface area contributed by atoms with Crippen LogP contribution in [0.3, 0.4) is 0 Å². The fourth-order valence-electron chi connectivity index (χ4n) is 1.71. The third kappa shape index (κ3) is 3.39. The first-order valence-corrected chi connectivity index (χ1v) is 7.58. The van der Waals surface area contributed by atoms with Crippen molar-refractivity contribution >= 4 is 51.7 Å². The maximum atomic E-state index is 12.0. The fourth-order valence-corrected chi connectivity index (χ4v) is 3.08. The molecule has 2 rings (SSSR count). The summed E-state index contributed by atoms with van der Waals surface area (Å²) < 4.78 is 0. The van der Waals surface area contributed by atoms with Crippen molar-refractivity contribution in [3.05, 3.63) is 49.8 Å². The first kappa shape index (κ1) is 16.3. The molecule has 2 aromatic rings. The van der Waals surface area contributed by atoms with Gasteiger partial charge in [0.15, 0.2) is 0 Å². The largest absolute Gasteiger partial charge is 0.389 e. The number of carbonyl (C=O) groups is 1. The number of amides is 1. The van der Waals surface area contributed by atoms with Crippen molar-refractivity contribution in [1.29, 1.82) is 5.26 Å². The molecule has 1 amide bonds. The van der Waals surface area contributed by atoms with Crippen molar-refractivity contribution in [1.82, 2.24) is 5.43 Å². The number of halogens is 2. The Labute approximate surface area is 141 Å². The monoisotopic (exact) mass is 352 g/mol. The van der Waals surface area contributed by atoms with Gasteiger partial charge in [-0.05, 0) is 24.6 Å². The number of carbonyl (C=O) groups excluding carboxylic acids is 1. The van der Waals surface area contributed by atoms with Crippen LogP contribution < -0.4 is 11.2 Å². The average Bonchev–Trinajstić information content (AvgIpc) is 2.75. The van der Waals surface area contributed by atoms with Gasteiger partial charge in [0.2, 0.25) is 0 Å². The summed E-state index contributed by atoms with van der Waals surface area (Å²) in [6, 6.07) is 6.90. The second kappa shape index (κ2) is 6.79. The van der Waals surface area contributed by atoms with Crippen LogP contribution in [0.25, 0.3) is 0 Å². The van der Waals surface area contributed by atoms with Gasteiger partial charge in [0.25, 0.3) is 5.91 Å². The Morgan fingerprint density at radius 1 is 1.50 bits per heavy atom. The van der Waals surface area contributed by atoms with Crippen LogP contribution >= 0.6 is 34.5 Å². The number of thiophene rings is 1. The third-order valence-electron chi connectivity index (χ3n) is 2.82. The van der Waals surface area contributed by atoms with Crippen molar-refractivity contribution in [3.8, 4) is 6.07 Å². The van der Waals surface area contributed by atoms with Crippen LogP contribution in [0, 0.1) is 18.3 Å². The van der Waals surface area contributed by atoms with Crippen LogP contribution in [0.2, 0.25) is 10.0 Å². The molecule has 1 aromatic carbocycles. The van der Waals surface area contributed by atoms with Gasteiger partial charge in [0.05, 0.1) is 16.8 Å². The van der Waals surface area contributed by atoms with E-state index in [1.165, 1.54) is 6.21 Å². The number of nitrogens with zero attached hydrogens (tertiary/aromatic N) is 2. The molecule has 0 radical (unpaired) electrons. The van der Waals surface area contributed by atoms with Gasteiger partial charge in [-0.1, -0.05) is 29.3 Å². The highest BCUT2D eigenvalue weighted by Crippen LogP contribution is 2.29. The molecule has 0 fully saturated rings. The molecule has 5 nitrogen and oxygen atoms in total. The van der Waals surface area contributed by atoms with Gasteiger partial charge < -0.3 is 5.73 Å². The van der Waals surface area contributed by atoms with Crippen molar-refractivity contribution in [2.24, 2.45) is 5.10 Å². The number of hydrogen-bond acceptors (Lipinski definition) is 5. The lowest BCUT2D eigenvalue weighted by molar-refractivity contribution is 0.0958. The maximum Gasteiger partial charge on any atom is 0.281 e. The van der Waals surface area contributed by atoms with Gasteiger partial charge in [-0.3, -0.25) is 4.79 Å². The first-order valence-electron chi connectivity index (χ1n) is 6.01. The van der Waals surface area contributed by atoms with Gasteiger partial charge in [-0.25, -0.2) is 5.43 Å². The Kier molecular flexibility index (Phi) is 5.03. The van der Waals surface area contributed by atoms with Crippen molar-refractivity contribution in [2.75, 3.05) is 5.73 Å². The van der Waals surface area contributed by atoms with E-state index in [1.54, 1.807) is 25.1 Å². The van der Waals surface area contributed by atoms with Crippen LogP contribution in [-0.4, -0.2) is 12.1 Å². The minimum atomic E-state index is -0.433. The SMILES string of the molecule is Cc1c(C(=O)N/N=C\c2ccc(Cl)cc2Cl)sc(N)c1C#N. The van der Waals surface area contributed by atoms with E-state index in [0.29, 0.717) is 36.6 Å². The molecule has 0 aliphatic rings. The lowest BCUT2D eigenvalue weighted by Crippen LogP contribution is -2.17. The summed E-state index contributed by atoms with van der Waals surface area (Å²) in [5.41, 5.74) is 9.55. The van der Waals surface area contributed by atoms with Crippen LogP contribution in [0.15, 0.2) is 23.3 Å². The molecule has 112 valence electrons. The van der Waals surface area contributed by atoms with E-state index < -0.39 is 5.91 Å². The molecule has 0 aliphatic heterocycles. The molecular weight excluding hydrogens is 343 g/mol. The van der Waals surface area contributed by atoms with Crippen molar-refractivity contribution in [2.45, 2.75) is 6.92 Å². The summed E-state index contributed by atoms with van der Waals surface area (Å²) in [4.78, 5) is 12.4. The van der Waals surface area contributed by atoms with Crippen molar-refractivity contribution in [3.63, 3.8) is 0 Å². The van der Waals surface area contributed by atoms with Gasteiger partial charge in [0.1, 0.15) is 15.9 Å². The Morgan fingerprint density at radius 2 is 2.23 bits per heavy atom. The molecule has 0 saturated heterocycles. The minimum absolute atomic E-state index is 0.315. The zero-order chi connectivity index (χ0) is 16.3. The Balaban J connectivity index is 2.13. The average molecular weight is 353 g/mol. The normalized spacial score (nSPS) is 10.6. The van der Waals surface area contributed by atoms with Crippen LogP contribution in [0.4, 0.5) is 5.00 Å². The number of nitriles is 1. The first-order chi connectivity index (χ1) is 10.4. The predicted octanol–water partition coefficient (Wildman–Crippen LogP) is 3.58. The van der Waals surface area contributed by atoms with Gasteiger partial charge in [-0.15, -0.1) is 11.3 Å². The van der Waals surface area contributed by atoms with Gasteiger partial charge >= 0.3 is 0 Å². The van der Waals surface area contributed by atoms with Crippen molar-refractivity contribution < 1.29 is 4.79 Å². The zero-order valence-electron chi connectivity index (χ0n) is 11.4. The molecule has 8 heteroatoms. The van der Waals surface area contributed by atoms with E-state index in [2.05, 4.69) is 10.5 Å². The summed E-state index contributed by atoms with van der Waals surface area (Å²) in [6.45, 7) is 1.67. The number of rotatable bonds is 3. The van der Waals surface area contributed by atoms with Crippen LogP contribution in [-0.2, 0) is 0 Å². The highest BCUT2D eigenvalue weighted by atomic mass is 35.5. The Morgan fingerprint density at radius 3 is 2.82 bits per heavy atom. The highest BCUT2D eigenvalue weighted by molar-refractivity contribution is 7.18. The number of benzene rings is 1. The van der Waals surface area contributed by atoms with Gasteiger partial charge in [0, 0.05) is 10.6 Å². The lowest BCUT2D eigenvalue weighted by atomic mass is 10.2. The number of hydrogen-bond donors (Lipinski definition) is 2. The Bertz CT molecular complexity index is 808. The van der Waals surface area contributed by atoms with E-state index in [-0.39, 0.29) is 0 Å². The number of nitrogen functional groups attached to an aromatic ring is 1. The van der Waals surface area contributed by atoms with Crippen LogP contribution in [0.5, 0.6) is 0 Å². The summed E-state index contributed by atoms with van der Waals surface area (Å²) >= 11 is 12.8. The number of nitrogens with one attached hydrogen (secondary N) is 1. The van der Waals surface area contributed by atoms with E-state index >= 15 is 0 Å². The third-order valence-corrected chi connectivity index (χ3v) is 4.51. The Hall–Kier alpha value is -2.07. The molecular formula is C14H10Cl2N4OS. The fraction of sp³-hybridized carbons (Fsp3) is 0.0714. The molecule has 1 aromatic heterocycles. The predicted molar refractivity (Wildman–Crippen MR) is 89.7 cm³/mol. The standard InChI is InChI=1S/C14H10Cl2N4OS/c1-7-10(5-17)13(18)22-12(7)14(21)20-19-6-8-2-3-9(15)4-11(8)16/h2-4,6H,18H2,1H3,(H,20,21)/b19-6-. The topological polar surface area (TPSA) is 91.3 Å². The summed E-state index contributed by atoms with van der Waals surface area (Å²) in [5, 5.41) is 14.1. The second-order valence-electron chi connectivity index (χ2n) is 4.27. The second-order valence-corrected chi connectivity index (χ2v) is 6.17. The smallest absolute Gasteiger partial charge is 0.281 e. The molecule has 0 saturated carbocycles. The molecule has 0 unspecified atom stereocenters. The van der Waals surface area contributed by atoms with E-state index in [1.807, 2.05) is 6.07 Å². The summed E-state index contributed by atoms with van der Waals surface area (Å²) in [5.74, 6) is -0.433. The van der Waals surface area contributed by atoms with E-state index in [0.717, 1.165) is 11.3 Å². The lowest BCUT2D eigenvalue weighted by Gasteiger charge is -2.00. The summed E-state index contributed by atoms with van der Waals surface area (Å²) in [6.07, 6.45) is 1.41. The van der Waals surface area contributed by atoms with Gasteiger partial charge in [-0.2, -0.15) is 10.4 Å². The van der Waals surface area contributed by atoms with E-state index in [9.17, 15) is 4.79 Å². The molecule has 0 bridgehead atoms. The number of nitrogens with two attached hydrogens (primary N) is 1. The van der Waals surface area contributed by atoms with Crippen LogP contribution in [0.1, 0.15) is 26.4 Å². The number of anilines is 1. The molecule has 0 aliphatic carbocycles. The molecule has 0 spiro atoms. The molecule has 3 N–H and O–H groups in total. The maximum absolute atomic E-state index is 12.0. The minimum Gasteiger partial charge on any atom is -0.389 e. The molecule has 0 atom stereocenters. The quantitative estimate of drug-likeness (QED) is 0.653. The zero-order valence-corrected chi connectivity index (χ0v) is 13.7. The number of hydrazone groups is 1. The van der Waals surface area contributed by atoms with E-state index in [4.69, 9.17) is 34.2 Å². The molecule has 22 heavy (non-hydrogen) atoms.